The molecule has 4 rings (SSSR count). The molecule has 2 N–H and O–H groups in total. The molecule has 0 spiro atoms. The van der Waals surface area contributed by atoms with E-state index in [1.165, 1.54) is 16.7 Å². The highest BCUT2D eigenvalue weighted by Crippen LogP contribution is 2.38. The van der Waals surface area contributed by atoms with Gasteiger partial charge in [0.05, 0.1) is 18.5 Å². The van der Waals surface area contributed by atoms with Crippen LogP contribution in [-0.2, 0) is 17.6 Å². The van der Waals surface area contributed by atoms with Crippen LogP contribution in [0.4, 0.5) is 0 Å². The Kier molecular flexibility index (Phi) is 7.22. The monoisotopic (exact) mass is 433 g/mol. The number of hydrogen-bond donors (Lipinski definition) is 2. The van der Waals surface area contributed by atoms with Crippen LogP contribution in [0, 0.1) is 0 Å². The second-order valence-electron chi connectivity index (χ2n) is 8.10. The van der Waals surface area contributed by atoms with Crippen molar-refractivity contribution in [1.82, 2.24) is 15.5 Å². The Hall–Kier alpha value is -3.12. The molecule has 2 aromatic carbocycles. The Balaban J connectivity index is 1.39. The Morgan fingerprint density at radius 2 is 1.91 bits per heavy atom. The van der Waals surface area contributed by atoms with Crippen LogP contribution in [0.2, 0.25) is 0 Å². The fourth-order valence-electron chi connectivity index (χ4n) is 4.08. The summed E-state index contributed by atoms with van der Waals surface area (Å²) in [5.74, 6) is 0.821. The van der Waals surface area contributed by atoms with E-state index in [-0.39, 0.29) is 5.91 Å². The number of aromatic amines is 1. The molecule has 0 fully saturated rings. The molecular formula is C26H31N3O3. The van der Waals surface area contributed by atoms with Crippen molar-refractivity contribution in [2.75, 3.05) is 26.9 Å². The number of nitrogens with zero attached hydrogens (tertiary/aromatic N) is 1. The van der Waals surface area contributed by atoms with Gasteiger partial charge in [-0.05, 0) is 61.6 Å². The van der Waals surface area contributed by atoms with Crippen LogP contribution in [0.1, 0.15) is 47.7 Å². The highest BCUT2D eigenvalue weighted by molar-refractivity contribution is 5.94. The third kappa shape index (κ3) is 4.86. The number of fused-ring (bicyclic) bond motifs is 3. The van der Waals surface area contributed by atoms with Gasteiger partial charge in [-0.3, -0.25) is 9.89 Å². The molecule has 0 aliphatic heterocycles. The number of hydrogen-bond acceptors (Lipinski definition) is 4. The van der Waals surface area contributed by atoms with E-state index in [1.54, 1.807) is 7.11 Å². The number of aromatic nitrogens is 2. The van der Waals surface area contributed by atoms with Gasteiger partial charge in [-0.25, -0.2) is 0 Å². The third-order valence-corrected chi connectivity index (χ3v) is 5.91. The van der Waals surface area contributed by atoms with Gasteiger partial charge in [0.15, 0.2) is 0 Å². The number of unbranched alkanes of at least 4 members (excludes halogenated alkanes) is 1. The summed E-state index contributed by atoms with van der Waals surface area (Å²) in [7, 11) is 1.69. The lowest BCUT2D eigenvalue weighted by Gasteiger charge is -2.17. The van der Waals surface area contributed by atoms with Crippen molar-refractivity contribution in [3.05, 3.63) is 59.2 Å². The maximum absolute atomic E-state index is 12.4. The SMILES string of the molecule is CCCCOCCCNC(=O)c1ccc(-c2n[nH]c3c2CCc2cc(OC)ccc2-3)cc1. The number of carbonyl (C=O) groups excluding carboxylic acids is 1. The zero-order valence-electron chi connectivity index (χ0n) is 18.9. The number of rotatable bonds is 10. The average molecular weight is 434 g/mol. The van der Waals surface area contributed by atoms with Gasteiger partial charge in [0.1, 0.15) is 5.75 Å². The molecule has 168 valence electrons. The standard InChI is InChI=1S/C26H31N3O3/c1-3-4-15-32-16-5-14-27-26(30)19-8-6-18(7-9-19)24-23-12-10-20-17-21(31-2)11-13-22(20)25(23)29-28-24/h6-9,11,13,17H,3-5,10,12,14-16H2,1-2H3,(H,27,30)(H,28,29). The summed E-state index contributed by atoms with van der Waals surface area (Å²) in [5.41, 5.74) is 7.38. The number of aryl methyl sites for hydroxylation is 1. The Morgan fingerprint density at radius 1 is 1.09 bits per heavy atom. The highest BCUT2D eigenvalue weighted by Gasteiger charge is 2.23. The molecule has 1 aliphatic carbocycles. The van der Waals surface area contributed by atoms with Crippen LogP contribution in [0.5, 0.6) is 5.75 Å². The van der Waals surface area contributed by atoms with E-state index in [1.807, 2.05) is 30.3 Å². The van der Waals surface area contributed by atoms with E-state index in [9.17, 15) is 4.79 Å². The van der Waals surface area contributed by atoms with Gasteiger partial charge < -0.3 is 14.8 Å². The lowest BCUT2D eigenvalue weighted by molar-refractivity contribution is 0.0940. The molecule has 3 aromatic rings. The number of carbonyl (C=O) groups is 1. The highest BCUT2D eigenvalue weighted by atomic mass is 16.5. The minimum absolute atomic E-state index is 0.0583. The fraction of sp³-hybridized carbons (Fsp3) is 0.385. The molecule has 6 nitrogen and oxygen atoms in total. The van der Waals surface area contributed by atoms with Gasteiger partial charge in [-0.1, -0.05) is 25.5 Å². The molecule has 1 aromatic heterocycles. The first-order valence-electron chi connectivity index (χ1n) is 11.4. The normalized spacial score (nSPS) is 12.2. The lowest BCUT2D eigenvalue weighted by Crippen LogP contribution is -2.25. The van der Waals surface area contributed by atoms with Crippen LogP contribution >= 0.6 is 0 Å². The van der Waals surface area contributed by atoms with E-state index < -0.39 is 0 Å². The predicted molar refractivity (Wildman–Crippen MR) is 126 cm³/mol. The lowest BCUT2D eigenvalue weighted by atomic mass is 9.87. The van der Waals surface area contributed by atoms with Crippen LogP contribution in [0.3, 0.4) is 0 Å². The minimum Gasteiger partial charge on any atom is -0.497 e. The predicted octanol–water partition coefficient (Wildman–Crippen LogP) is 4.79. The maximum atomic E-state index is 12.4. The third-order valence-electron chi connectivity index (χ3n) is 5.91. The van der Waals surface area contributed by atoms with Gasteiger partial charge in [-0.15, -0.1) is 0 Å². The number of amides is 1. The largest absolute Gasteiger partial charge is 0.497 e. The molecule has 0 bridgehead atoms. The Bertz CT molecular complexity index is 1060. The van der Waals surface area contributed by atoms with Crippen LogP contribution in [0.25, 0.3) is 22.5 Å². The number of H-pyrrole nitrogens is 1. The number of ether oxygens (including phenoxy) is 2. The number of nitrogens with one attached hydrogen (secondary N) is 2. The molecule has 1 heterocycles. The first-order chi connectivity index (χ1) is 15.7. The summed E-state index contributed by atoms with van der Waals surface area (Å²) in [5, 5.41) is 10.8. The number of methoxy groups -OCH3 is 1. The van der Waals surface area contributed by atoms with Crippen LogP contribution < -0.4 is 10.1 Å². The molecule has 0 unspecified atom stereocenters. The molecule has 1 aliphatic rings. The molecule has 0 saturated heterocycles. The summed E-state index contributed by atoms with van der Waals surface area (Å²) in [6, 6.07) is 13.9. The Labute approximate surface area is 189 Å². The Morgan fingerprint density at radius 3 is 2.69 bits per heavy atom. The quantitative estimate of drug-likeness (QED) is 0.451. The van der Waals surface area contributed by atoms with Gasteiger partial charge in [0.2, 0.25) is 0 Å². The fourth-order valence-corrected chi connectivity index (χ4v) is 4.08. The minimum atomic E-state index is -0.0583. The van der Waals surface area contributed by atoms with E-state index in [4.69, 9.17) is 9.47 Å². The smallest absolute Gasteiger partial charge is 0.251 e. The van der Waals surface area contributed by atoms with Gasteiger partial charge in [0, 0.05) is 42.0 Å². The molecule has 0 atom stereocenters. The van der Waals surface area contributed by atoms with Crippen molar-refractivity contribution in [3.63, 3.8) is 0 Å². The second-order valence-corrected chi connectivity index (χ2v) is 8.10. The average Bonchev–Trinajstić information content (AvgIpc) is 3.27. The summed E-state index contributed by atoms with van der Waals surface area (Å²) < 4.78 is 10.9. The molecule has 0 radical (unpaired) electrons. The second kappa shape index (κ2) is 10.5. The summed E-state index contributed by atoms with van der Waals surface area (Å²) in [4.78, 5) is 12.4. The molecule has 32 heavy (non-hydrogen) atoms. The van der Waals surface area contributed by atoms with Crippen molar-refractivity contribution in [3.8, 4) is 28.3 Å². The van der Waals surface area contributed by atoms with Crippen molar-refractivity contribution in [2.24, 2.45) is 0 Å². The zero-order valence-corrected chi connectivity index (χ0v) is 18.9. The molecule has 0 saturated carbocycles. The summed E-state index contributed by atoms with van der Waals surface area (Å²) >= 11 is 0. The molecule has 6 heteroatoms. The first kappa shape index (κ1) is 22.1. The summed E-state index contributed by atoms with van der Waals surface area (Å²) in [6.45, 7) is 4.23. The van der Waals surface area contributed by atoms with Gasteiger partial charge in [-0.2, -0.15) is 5.10 Å². The van der Waals surface area contributed by atoms with Crippen LogP contribution in [-0.4, -0.2) is 43.0 Å². The topological polar surface area (TPSA) is 76.2 Å². The van der Waals surface area contributed by atoms with Crippen molar-refractivity contribution in [1.29, 1.82) is 0 Å². The number of benzene rings is 2. The van der Waals surface area contributed by atoms with E-state index in [0.29, 0.717) is 18.7 Å². The first-order valence-corrected chi connectivity index (χ1v) is 11.4. The zero-order chi connectivity index (χ0) is 22.3. The van der Waals surface area contributed by atoms with E-state index >= 15 is 0 Å². The van der Waals surface area contributed by atoms with Gasteiger partial charge >= 0.3 is 0 Å². The van der Waals surface area contributed by atoms with E-state index in [0.717, 1.165) is 61.4 Å². The van der Waals surface area contributed by atoms with Crippen molar-refractivity contribution < 1.29 is 14.3 Å². The van der Waals surface area contributed by atoms with Crippen molar-refractivity contribution in [2.45, 2.75) is 39.0 Å². The maximum Gasteiger partial charge on any atom is 0.251 e. The van der Waals surface area contributed by atoms with Crippen molar-refractivity contribution >= 4 is 5.91 Å². The van der Waals surface area contributed by atoms with Gasteiger partial charge in [0.25, 0.3) is 5.91 Å². The molecular weight excluding hydrogens is 402 g/mol. The molecule has 1 amide bonds. The van der Waals surface area contributed by atoms with E-state index in [2.05, 4.69) is 34.6 Å². The van der Waals surface area contributed by atoms with Crippen LogP contribution in [0.15, 0.2) is 42.5 Å². The summed E-state index contributed by atoms with van der Waals surface area (Å²) in [6.07, 6.45) is 4.91.